The van der Waals surface area contributed by atoms with Crippen LogP contribution in [0.4, 0.5) is 5.69 Å². The summed E-state index contributed by atoms with van der Waals surface area (Å²) in [5, 5.41) is 0. The lowest BCUT2D eigenvalue weighted by molar-refractivity contribution is 0.622. The van der Waals surface area contributed by atoms with Gasteiger partial charge in [-0.05, 0) is 37.1 Å². The van der Waals surface area contributed by atoms with Crippen LogP contribution in [0.1, 0.15) is 11.1 Å². The first-order chi connectivity index (χ1) is 5.58. The van der Waals surface area contributed by atoms with Crippen molar-refractivity contribution in [1.29, 1.82) is 0 Å². The highest BCUT2D eigenvalue weighted by molar-refractivity contribution is 7.61. The summed E-state index contributed by atoms with van der Waals surface area (Å²) in [5.74, 6) is 0. The molecule has 0 unspecified atom stereocenters. The maximum atomic E-state index is 10.2. The molecule has 0 aliphatic heterocycles. The lowest BCUT2D eigenvalue weighted by atomic mass is 10.1. The Hall–Kier alpha value is -1.16. The monoisotopic (exact) mass is 183 g/mol. The van der Waals surface area contributed by atoms with Gasteiger partial charge >= 0.3 is 10.5 Å². The van der Waals surface area contributed by atoms with Crippen LogP contribution in [0, 0.1) is 13.8 Å². The molecule has 0 spiro atoms. The summed E-state index contributed by atoms with van der Waals surface area (Å²) in [5.41, 5.74) is 2.51. The summed E-state index contributed by atoms with van der Waals surface area (Å²) in [6.45, 7) is 3.81. The van der Waals surface area contributed by atoms with Gasteiger partial charge in [0.25, 0.3) is 0 Å². The molecule has 0 saturated carbocycles. The minimum absolute atomic E-state index is 0.487. The van der Waals surface area contributed by atoms with Gasteiger partial charge in [-0.25, -0.2) is 0 Å². The van der Waals surface area contributed by atoms with Gasteiger partial charge in [0.05, 0.1) is 5.69 Å². The van der Waals surface area contributed by atoms with Crippen LogP contribution >= 0.6 is 0 Å². The molecule has 1 rings (SSSR count). The minimum atomic E-state index is -2.36. The van der Waals surface area contributed by atoms with Crippen LogP contribution in [0.2, 0.25) is 0 Å². The zero-order valence-corrected chi connectivity index (χ0v) is 7.72. The van der Waals surface area contributed by atoms with Crippen LogP contribution in [-0.2, 0) is 10.5 Å². The summed E-state index contributed by atoms with van der Waals surface area (Å²) in [6, 6.07) is 5.42. The molecule has 0 atom stereocenters. The second-order valence-electron chi connectivity index (χ2n) is 2.65. The average molecular weight is 183 g/mol. The quantitative estimate of drug-likeness (QED) is 0.668. The third kappa shape index (κ3) is 2.47. The number of benzene rings is 1. The number of hydrogen-bond donors (Lipinski definition) is 0. The van der Waals surface area contributed by atoms with E-state index in [0.29, 0.717) is 5.69 Å². The first-order valence-electron chi connectivity index (χ1n) is 3.47. The summed E-state index contributed by atoms with van der Waals surface area (Å²) in [6.07, 6.45) is 0. The van der Waals surface area contributed by atoms with E-state index >= 15 is 0 Å². The van der Waals surface area contributed by atoms with E-state index in [0.717, 1.165) is 11.1 Å². The standard InChI is InChI=1S/C8H9NO2S/c1-6-3-7(2)5-8(4-6)9-12(10)11/h3-5H,1-2H3. The average Bonchev–Trinajstić information content (AvgIpc) is 1.81. The van der Waals surface area contributed by atoms with E-state index in [1.165, 1.54) is 0 Å². The fraction of sp³-hybridized carbons (Fsp3) is 0.250. The highest BCUT2D eigenvalue weighted by Gasteiger charge is 1.93. The zero-order valence-electron chi connectivity index (χ0n) is 6.90. The maximum absolute atomic E-state index is 10.2. The Morgan fingerprint density at radius 3 is 2.00 bits per heavy atom. The summed E-state index contributed by atoms with van der Waals surface area (Å²) in [4.78, 5) is 0. The first-order valence-corrected chi connectivity index (χ1v) is 4.50. The molecule has 3 nitrogen and oxygen atoms in total. The fourth-order valence-corrected chi connectivity index (χ4v) is 1.37. The lowest BCUT2D eigenvalue weighted by Crippen LogP contribution is -1.75. The van der Waals surface area contributed by atoms with E-state index in [1.54, 1.807) is 12.1 Å². The molecule has 0 aliphatic rings. The molecular weight excluding hydrogens is 174 g/mol. The molecule has 64 valence electrons. The second kappa shape index (κ2) is 3.49. The van der Waals surface area contributed by atoms with E-state index in [1.807, 2.05) is 19.9 Å². The molecule has 0 heterocycles. The molecule has 1 aromatic carbocycles. The van der Waals surface area contributed by atoms with Crippen LogP contribution in [0.15, 0.2) is 22.6 Å². The third-order valence-electron chi connectivity index (χ3n) is 1.39. The van der Waals surface area contributed by atoms with Gasteiger partial charge in [-0.1, -0.05) is 6.07 Å². The Kier molecular flexibility index (Phi) is 2.60. The normalized spacial score (nSPS) is 9.50. The van der Waals surface area contributed by atoms with Crippen molar-refractivity contribution < 1.29 is 8.42 Å². The summed E-state index contributed by atoms with van der Waals surface area (Å²) >= 11 is 0. The highest BCUT2D eigenvalue weighted by atomic mass is 32.2. The van der Waals surface area contributed by atoms with Crippen molar-refractivity contribution in [3.8, 4) is 0 Å². The first kappa shape index (κ1) is 8.93. The van der Waals surface area contributed by atoms with Crippen molar-refractivity contribution in [3.05, 3.63) is 29.3 Å². The van der Waals surface area contributed by atoms with Crippen LogP contribution in [0.5, 0.6) is 0 Å². The van der Waals surface area contributed by atoms with Crippen molar-refractivity contribution in [3.63, 3.8) is 0 Å². The molecular formula is C8H9NO2S. The Labute approximate surface area is 72.8 Å². The van der Waals surface area contributed by atoms with Gasteiger partial charge in [-0.15, -0.1) is 4.36 Å². The minimum Gasteiger partial charge on any atom is -0.163 e. The van der Waals surface area contributed by atoms with Crippen molar-refractivity contribution in [2.24, 2.45) is 4.36 Å². The third-order valence-corrected chi connectivity index (χ3v) is 1.75. The van der Waals surface area contributed by atoms with Gasteiger partial charge in [-0.3, -0.25) is 0 Å². The van der Waals surface area contributed by atoms with Crippen LogP contribution in [-0.4, -0.2) is 8.42 Å². The van der Waals surface area contributed by atoms with E-state index in [4.69, 9.17) is 0 Å². The van der Waals surface area contributed by atoms with E-state index in [2.05, 4.69) is 4.36 Å². The highest BCUT2D eigenvalue weighted by Crippen LogP contribution is 2.16. The van der Waals surface area contributed by atoms with Crippen LogP contribution < -0.4 is 0 Å². The molecule has 12 heavy (non-hydrogen) atoms. The summed E-state index contributed by atoms with van der Waals surface area (Å²) < 4.78 is 23.8. The molecule has 0 N–H and O–H groups in total. The van der Waals surface area contributed by atoms with Gasteiger partial charge in [0, 0.05) is 0 Å². The predicted molar refractivity (Wildman–Crippen MR) is 46.9 cm³/mol. The van der Waals surface area contributed by atoms with Crippen LogP contribution in [0.3, 0.4) is 0 Å². The second-order valence-corrected chi connectivity index (χ2v) is 3.27. The van der Waals surface area contributed by atoms with Gasteiger partial charge < -0.3 is 0 Å². The number of rotatable bonds is 1. The molecule has 1 aromatic rings. The fourth-order valence-electron chi connectivity index (χ4n) is 1.09. The van der Waals surface area contributed by atoms with E-state index in [-0.39, 0.29) is 0 Å². The number of hydrogen-bond acceptors (Lipinski definition) is 3. The van der Waals surface area contributed by atoms with Gasteiger partial charge in [-0.2, -0.15) is 8.42 Å². The molecule has 0 aromatic heterocycles. The number of nitrogens with zero attached hydrogens (tertiary/aromatic N) is 1. The van der Waals surface area contributed by atoms with E-state index < -0.39 is 10.5 Å². The Morgan fingerprint density at radius 2 is 1.58 bits per heavy atom. The summed E-state index contributed by atoms with van der Waals surface area (Å²) in [7, 11) is -2.36. The maximum Gasteiger partial charge on any atom is 0.316 e. The Morgan fingerprint density at radius 1 is 1.08 bits per heavy atom. The van der Waals surface area contributed by atoms with Gasteiger partial charge in [0.2, 0.25) is 0 Å². The molecule has 0 aliphatic carbocycles. The predicted octanol–water partition coefficient (Wildman–Crippen LogP) is 2.00. The Balaban J connectivity index is 3.27. The topological polar surface area (TPSA) is 46.5 Å². The molecule has 0 fully saturated rings. The molecule has 0 saturated heterocycles. The van der Waals surface area contributed by atoms with Crippen molar-refractivity contribution in [1.82, 2.24) is 0 Å². The smallest absolute Gasteiger partial charge is 0.163 e. The zero-order chi connectivity index (χ0) is 9.14. The van der Waals surface area contributed by atoms with Crippen molar-refractivity contribution in [2.75, 3.05) is 0 Å². The SMILES string of the molecule is Cc1cc(C)cc(N=S(=O)=O)c1. The van der Waals surface area contributed by atoms with Crippen molar-refractivity contribution in [2.45, 2.75) is 13.8 Å². The molecule has 4 heteroatoms. The molecule has 0 amide bonds. The largest absolute Gasteiger partial charge is 0.316 e. The molecule has 0 bridgehead atoms. The van der Waals surface area contributed by atoms with Crippen molar-refractivity contribution >= 4 is 16.2 Å². The van der Waals surface area contributed by atoms with E-state index in [9.17, 15) is 8.42 Å². The van der Waals surface area contributed by atoms with Gasteiger partial charge in [0.1, 0.15) is 0 Å². The molecule has 0 radical (unpaired) electrons. The number of aryl methyl sites for hydroxylation is 2. The van der Waals surface area contributed by atoms with Crippen LogP contribution in [0.25, 0.3) is 0 Å². The lowest BCUT2D eigenvalue weighted by Gasteiger charge is -1.96. The Bertz CT molecular complexity index is 392. The van der Waals surface area contributed by atoms with Gasteiger partial charge in [0.15, 0.2) is 0 Å².